The lowest BCUT2D eigenvalue weighted by Gasteiger charge is -2.08. The lowest BCUT2D eigenvalue weighted by Crippen LogP contribution is -2.16. The van der Waals surface area contributed by atoms with Gasteiger partial charge >= 0.3 is 0 Å². The first-order chi connectivity index (χ1) is 3.72. The van der Waals surface area contributed by atoms with E-state index in [-0.39, 0.29) is 5.92 Å². The molecule has 2 atom stereocenters. The van der Waals surface area contributed by atoms with E-state index >= 15 is 0 Å². The molecule has 0 aliphatic heterocycles. The molecule has 0 unspecified atom stereocenters. The number of aliphatic hydroxyl groups is 1. The summed E-state index contributed by atoms with van der Waals surface area (Å²) in [7, 11) is 0. The summed E-state index contributed by atoms with van der Waals surface area (Å²) in [4.78, 5) is 9.95. The van der Waals surface area contributed by atoms with Crippen molar-refractivity contribution >= 4 is 6.29 Å². The van der Waals surface area contributed by atoms with E-state index in [1.165, 1.54) is 0 Å². The van der Waals surface area contributed by atoms with Gasteiger partial charge in [0.1, 0.15) is 6.29 Å². The van der Waals surface area contributed by atoms with Crippen molar-refractivity contribution in [1.82, 2.24) is 0 Å². The van der Waals surface area contributed by atoms with E-state index in [4.69, 9.17) is 5.11 Å². The summed E-state index contributed by atoms with van der Waals surface area (Å²) in [6, 6.07) is 0. The Balaban J connectivity index is 3.44. The monoisotopic (exact) mass is 116 g/mol. The second-order valence-electron chi connectivity index (χ2n) is 1.97. The van der Waals surface area contributed by atoms with Crippen molar-refractivity contribution in [3.8, 4) is 0 Å². The molecule has 0 spiro atoms. The highest BCUT2D eigenvalue weighted by Crippen LogP contribution is 2.01. The first kappa shape index (κ1) is 7.63. The molecule has 0 aliphatic carbocycles. The molecule has 0 bridgehead atoms. The maximum Gasteiger partial charge on any atom is 0.125 e. The molecule has 0 fully saturated rings. The van der Waals surface area contributed by atoms with Gasteiger partial charge in [-0.05, 0) is 6.42 Å². The summed E-state index contributed by atoms with van der Waals surface area (Å²) >= 11 is 0. The van der Waals surface area contributed by atoms with Gasteiger partial charge in [0.25, 0.3) is 0 Å². The summed E-state index contributed by atoms with van der Waals surface area (Å²) in [5.74, 6) is -0.208. The minimum Gasteiger partial charge on any atom is -0.392 e. The normalized spacial score (nSPS) is 17.4. The van der Waals surface area contributed by atoms with Gasteiger partial charge in [0.15, 0.2) is 0 Å². The van der Waals surface area contributed by atoms with Crippen LogP contribution in [0.1, 0.15) is 20.3 Å². The summed E-state index contributed by atoms with van der Waals surface area (Å²) in [6.45, 7) is 3.56. The maximum absolute atomic E-state index is 9.95. The van der Waals surface area contributed by atoms with E-state index in [0.717, 1.165) is 6.29 Å². The van der Waals surface area contributed by atoms with Crippen LogP contribution in [0.3, 0.4) is 0 Å². The molecule has 0 rings (SSSR count). The zero-order chi connectivity index (χ0) is 6.57. The zero-order valence-electron chi connectivity index (χ0n) is 5.29. The lowest BCUT2D eigenvalue weighted by atomic mass is 10.1. The van der Waals surface area contributed by atoms with Crippen molar-refractivity contribution in [2.45, 2.75) is 26.4 Å². The van der Waals surface area contributed by atoms with Crippen LogP contribution in [-0.2, 0) is 4.79 Å². The average Bonchev–Trinajstić information content (AvgIpc) is 1.84. The van der Waals surface area contributed by atoms with Crippen LogP contribution in [0.25, 0.3) is 0 Å². The van der Waals surface area contributed by atoms with Crippen molar-refractivity contribution in [3.63, 3.8) is 0 Å². The van der Waals surface area contributed by atoms with Crippen LogP contribution >= 0.6 is 0 Å². The Morgan fingerprint density at radius 3 is 2.38 bits per heavy atom. The highest BCUT2D eigenvalue weighted by atomic mass is 16.3. The Morgan fingerprint density at radius 1 is 1.75 bits per heavy atom. The number of carbonyl (C=O) groups is 1. The molecule has 0 amide bonds. The van der Waals surface area contributed by atoms with Crippen LogP contribution in [0.2, 0.25) is 0 Å². The van der Waals surface area contributed by atoms with Crippen LogP contribution < -0.4 is 0 Å². The van der Waals surface area contributed by atoms with Crippen molar-refractivity contribution in [2.24, 2.45) is 5.92 Å². The molecule has 0 aromatic heterocycles. The van der Waals surface area contributed by atoms with Crippen molar-refractivity contribution < 1.29 is 9.90 Å². The van der Waals surface area contributed by atoms with E-state index in [9.17, 15) is 4.79 Å². The summed E-state index contributed by atoms with van der Waals surface area (Å²) in [5, 5.41) is 8.90. The van der Waals surface area contributed by atoms with Gasteiger partial charge in [-0.15, -0.1) is 0 Å². The first-order valence-electron chi connectivity index (χ1n) is 2.85. The fourth-order valence-electron chi connectivity index (χ4n) is 0.462. The molecular weight excluding hydrogens is 104 g/mol. The predicted octanol–water partition coefficient (Wildman–Crippen LogP) is 0.592. The topological polar surface area (TPSA) is 37.3 Å². The molecule has 0 aliphatic rings. The molecule has 2 nitrogen and oxygen atoms in total. The summed E-state index contributed by atoms with van der Waals surface area (Å²) in [5.41, 5.74) is 0. The van der Waals surface area contributed by atoms with Crippen molar-refractivity contribution in [1.29, 1.82) is 0 Å². The second-order valence-corrected chi connectivity index (χ2v) is 1.97. The van der Waals surface area contributed by atoms with Crippen molar-refractivity contribution in [2.75, 3.05) is 0 Å². The van der Waals surface area contributed by atoms with Gasteiger partial charge in [-0.25, -0.2) is 0 Å². The third kappa shape index (κ3) is 2.07. The quantitative estimate of drug-likeness (QED) is 0.548. The second kappa shape index (κ2) is 3.61. The first-order valence-corrected chi connectivity index (χ1v) is 2.85. The van der Waals surface area contributed by atoms with Crippen LogP contribution in [0.15, 0.2) is 0 Å². The molecule has 0 aromatic rings. The molecule has 0 saturated carbocycles. The molecule has 0 radical (unpaired) electrons. The minimum absolute atomic E-state index is 0.208. The molecule has 0 aromatic carbocycles. The third-order valence-electron chi connectivity index (χ3n) is 1.24. The van der Waals surface area contributed by atoms with Gasteiger partial charge < -0.3 is 9.90 Å². The number of aldehydes is 1. The van der Waals surface area contributed by atoms with Crippen LogP contribution in [-0.4, -0.2) is 17.5 Å². The molecule has 1 N–H and O–H groups in total. The Hall–Kier alpha value is -0.370. The van der Waals surface area contributed by atoms with Crippen LogP contribution in [0.4, 0.5) is 0 Å². The molecule has 8 heavy (non-hydrogen) atoms. The van der Waals surface area contributed by atoms with Gasteiger partial charge in [-0.3, -0.25) is 0 Å². The smallest absolute Gasteiger partial charge is 0.125 e. The Kier molecular flexibility index (Phi) is 3.44. The fourth-order valence-corrected chi connectivity index (χ4v) is 0.462. The summed E-state index contributed by atoms with van der Waals surface area (Å²) in [6.07, 6.45) is 0.973. The SMILES string of the molecule is CC[C@@H](O)[C@H](C)C=O. The largest absolute Gasteiger partial charge is 0.392 e. The molecular formula is C6H12O2. The highest BCUT2D eigenvalue weighted by Gasteiger charge is 2.08. The third-order valence-corrected chi connectivity index (χ3v) is 1.24. The Bertz CT molecular complexity index is 70.9. The Morgan fingerprint density at radius 2 is 2.25 bits per heavy atom. The van der Waals surface area contributed by atoms with Gasteiger partial charge in [0.2, 0.25) is 0 Å². The van der Waals surface area contributed by atoms with E-state index in [2.05, 4.69) is 0 Å². The summed E-state index contributed by atoms with van der Waals surface area (Å²) < 4.78 is 0. The Labute approximate surface area is 49.5 Å². The fraction of sp³-hybridized carbons (Fsp3) is 0.833. The number of hydrogen-bond donors (Lipinski definition) is 1. The predicted molar refractivity (Wildman–Crippen MR) is 31.5 cm³/mol. The zero-order valence-corrected chi connectivity index (χ0v) is 5.29. The van der Waals surface area contributed by atoms with Crippen LogP contribution in [0, 0.1) is 5.92 Å². The van der Waals surface area contributed by atoms with Crippen molar-refractivity contribution in [3.05, 3.63) is 0 Å². The van der Waals surface area contributed by atoms with Gasteiger partial charge in [0, 0.05) is 5.92 Å². The van der Waals surface area contributed by atoms with Gasteiger partial charge in [0.05, 0.1) is 6.10 Å². The molecule has 2 heteroatoms. The van der Waals surface area contributed by atoms with Gasteiger partial charge in [-0.1, -0.05) is 13.8 Å². The lowest BCUT2D eigenvalue weighted by molar-refractivity contribution is -0.113. The van der Waals surface area contributed by atoms with E-state index < -0.39 is 6.10 Å². The number of hydrogen-bond acceptors (Lipinski definition) is 2. The number of rotatable bonds is 3. The van der Waals surface area contributed by atoms with Gasteiger partial charge in [-0.2, -0.15) is 0 Å². The molecule has 0 heterocycles. The maximum atomic E-state index is 9.95. The molecule has 48 valence electrons. The van der Waals surface area contributed by atoms with E-state index in [1.807, 2.05) is 6.92 Å². The number of carbonyl (C=O) groups excluding carboxylic acids is 1. The molecule has 0 saturated heterocycles. The van der Waals surface area contributed by atoms with Crippen LogP contribution in [0.5, 0.6) is 0 Å². The van der Waals surface area contributed by atoms with E-state index in [1.54, 1.807) is 6.92 Å². The average molecular weight is 116 g/mol. The standard InChI is InChI=1S/C6H12O2/c1-3-6(8)5(2)4-7/h4-6,8H,3H2,1-2H3/t5-,6-/m1/s1. The minimum atomic E-state index is -0.451. The van der Waals surface area contributed by atoms with E-state index in [0.29, 0.717) is 6.42 Å². The highest BCUT2D eigenvalue weighted by molar-refractivity contribution is 5.53. The number of aliphatic hydroxyl groups excluding tert-OH is 1.